The number of aryl methyl sites for hydroxylation is 1. The van der Waals surface area contributed by atoms with Gasteiger partial charge in [0.1, 0.15) is 0 Å². The van der Waals surface area contributed by atoms with Crippen LogP contribution in [-0.2, 0) is 0 Å². The van der Waals surface area contributed by atoms with Gasteiger partial charge < -0.3 is 14.8 Å². The largest absolute Gasteiger partial charge is 0.371 e. The molecule has 1 aromatic heterocycles. The fourth-order valence-electron chi connectivity index (χ4n) is 4.89. The molecule has 1 atom stereocenters. The number of benzene rings is 2. The third kappa shape index (κ3) is 3.07. The summed E-state index contributed by atoms with van der Waals surface area (Å²) < 4.78 is 0. The van der Waals surface area contributed by atoms with E-state index in [2.05, 4.69) is 63.1 Å². The average Bonchev–Trinajstić information content (AvgIpc) is 3.37. The second kappa shape index (κ2) is 6.91. The first-order valence-corrected chi connectivity index (χ1v) is 10.3. The Morgan fingerprint density at radius 3 is 2.70 bits per heavy atom. The van der Waals surface area contributed by atoms with Crippen molar-refractivity contribution in [3.05, 3.63) is 53.9 Å². The second-order valence-corrected chi connectivity index (χ2v) is 8.05. The van der Waals surface area contributed by atoms with Crippen LogP contribution >= 0.6 is 0 Å². The van der Waals surface area contributed by atoms with Gasteiger partial charge in [-0.1, -0.05) is 6.07 Å². The monoisotopic (exact) mass is 360 g/mol. The molecule has 2 fully saturated rings. The highest BCUT2D eigenvalue weighted by Gasteiger charge is 2.27. The molecule has 140 valence electrons. The Labute approximate surface area is 161 Å². The predicted octanol–water partition coefficient (Wildman–Crippen LogP) is 5.20. The van der Waals surface area contributed by atoms with Gasteiger partial charge in [0.15, 0.2) is 0 Å². The van der Waals surface area contributed by atoms with Crippen LogP contribution < -0.4 is 9.80 Å². The molecule has 2 saturated heterocycles. The van der Waals surface area contributed by atoms with Crippen LogP contribution in [0.5, 0.6) is 0 Å². The lowest BCUT2D eigenvalue weighted by molar-refractivity contribution is 0.577. The van der Waals surface area contributed by atoms with Crippen molar-refractivity contribution in [2.45, 2.75) is 45.1 Å². The molecule has 0 saturated carbocycles. The number of aromatic nitrogens is 2. The molecule has 27 heavy (non-hydrogen) atoms. The lowest BCUT2D eigenvalue weighted by Gasteiger charge is -2.32. The van der Waals surface area contributed by atoms with Crippen LogP contribution in [0.15, 0.2) is 42.7 Å². The highest BCUT2D eigenvalue weighted by molar-refractivity contribution is 5.75. The summed E-state index contributed by atoms with van der Waals surface area (Å²) in [6.45, 7) is 5.82. The number of rotatable bonds is 3. The number of piperidine rings is 1. The van der Waals surface area contributed by atoms with E-state index in [1.165, 1.54) is 67.7 Å². The van der Waals surface area contributed by atoms with Gasteiger partial charge in [-0.25, -0.2) is 4.98 Å². The van der Waals surface area contributed by atoms with Crippen molar-refractivity contribution in [2.24, 2.45) is 0 Å². The molecule has 5 rings (SSSR count). The molecule has 0 bridgehead atoms. The topological polar surface area (TPSA) is 35.2 Å². The van der Waals surface area contributed by atoms with Gasteiger partial charge in [-0.2, -0.15) is 0 Å². The van der Waals surface area contributed by atoms with Crippen molar-refractivity contribution in [3.8, 4) is 0 Å². The molecule has 1 unspecified atom stereocenters. The zero-order valence-electron chi connectivity index (χ0n) is 16.1. The number of nitrogens with one attached hydrogen (secondary N) is 1. The molecule has 4 nitrogen and oxygen atoms in total. The second-order valence-electron chi connectivity index (χ2n) is 8.05. The minimum absolute atomic E-state index is 0.456. The molecule has 4 heteroatoms. The summed E-state index contributed by atoms with van der Waals surface area (Å²) in [5.74, 6) is 0. The van der Waals surface area contributed by atoms with E-state index in [9.17, 15) is 0 Å². The molecule has 1 N–H and O–H groups in total. The van der Waals surface area contributed by atoms with Gasteiger partial charge in [0.05, 0.1) is 23.4 Å². The molecule has 0 aliphatic carbocycles. The summed E-state index contributed by atoms with van der Waals surface area (Å²) >= 11 is 0. The van der Waals surface area contributed by atoms with Crippen LogP contribution in [0.4, 0.5) is 11.4 Å². The van der Waals surface area contributed by atoms with E-state index in [1.807, 2.05) is 0 Å². The van der Waals surface area contributed by atoms with Crippen LogP contribution in [0, 0.1) is 6.92 Å². The Bertz CT molecular complexity index is 938. The average molecular weight is 361 g/mol. The van der Waals surface area contributed by atoms with E-state index in [1.54, 1.807) is 6.33 Å². The van der Waals surface area contributed by atoms with E-state index < -0.39 is 0 Å². The first-order chi connectivity index (χ1) is 13.3. The van der Waals surface area contributed by atoms with Crippen molar-refractivity contribution in [3.63, 3.8) is 0 Å². The number of hydrogen-bond donors (Lipinski definition) is 1. The number of hydrogen-bond acceptors (Lipinski definition) is 3. The van der Waals surface area contributed by atoms with E-state index in [-0.39, 0.29) is 0 Å². The summed E-state index contributed by atoms with van der Waals surface area (Å²) in [6, 6.07) is 14.2. The zero-order chi connectivity index (χ0) is 18.2. The van der Waals surface area contributed by atoms with E-state index in [0.717, 1.165) is 17.6 Å². The molecule has 2 aliphatic heterocycles. The Morgan fingerprint density at radius 1 is 0.963 bits per heavy atom. The third-order valence-electron chi connectivity index (χ3n) is 6.29. The van der Waals surface area contributed by atoms with Crippen molar-refractivity contribution >= 4 is 22.4 Å². The quantitative estimate of drug-likeness (QED) is 0.697. The number of H-pyrrole nitrogens is 1. The number of aromatic amines is 1. The first-order valence-electron chi connectivity index (χ1n) is 10.3. The predicted molar refractivity (Wildman–Crippen MR) is 113 cm³/mol. The normalized spacial score (nSPS) is 20.6. The number of nitrogens with zero attached hydrogens (tertiary/aromatic N) is 3. The van der Waals surface area contributed by atoms with E-state index in [4.69, 9.17) is 0 Å². The fourth-order valence-corrected chi connectivity index (χ4v) is 4.89. The number of imidazole rings is 1. The van der Waals surface area contributed by atoms with Crippen LogP contribution in [0.3, 0.4) is 0 Å². The Morgan fingerprint density at radius 2 is 1.85 bits per heavy atom. The molecule has 3 aromatic rings. The molecule has 0 spiro atoms. The summed E-state index contributed by atoms with van der Waals surface area (Å²) in [5.41, 5.74) is 7.76. The molecular weight excluding hydrogens is 332 g/mol. The third-order valence-corrected chi connectivity index (χ3v) is 6.29. The van der Waals surface area contributed by atoms with Gasteiger partial charge in [-0.3, -0.25) is 0 Å². The Hall–Kier alpha value is -2.49. The van der Waals surface area contributed by atoms with Gasteiger partial charge in [-0.05, 0) is 80.5 Å². The maximum absolute atomic E-state index is 4.36. The smallest absolute Gasteiger partial charge is 0.0931 e. The van der Waals surface area contributed by atoms with E-state index in [0.29, 0.717) is 6.04 Å². The van der Waals surface area contributed by atoms with Crippen molar-refractivity contribution in [2.75, 3.05) is 29.4 Å². The molecule has 0 radical (unpaired) electrons. The maximum atomic E-state index is 4.36. The standard InChI is InChI=1S/C23H28N4/c1-17-14-19(8-10-22(17)26-11-3-2-4-12-26)27-13-5-6-23(27)18-7-9-20-21(15-18)25-16-24-20/h7-10,14-16,23H,2-6,11-13H2,1H3,(H,24,25). The lowest BCUT2D eigenvalue weighted by atomic mass is 10.0. The van der Waals surface area contributed by atoms with Crippen LogP contribution in [0.25, 0.3) is 11.0 Å². The molecule has 2 aliphatic rings. The van der Waals surface area contributed by atoms with Gasteiger partial charge in [-0.15, -0.1) is 0 Å². The summed E-state index contributed by atoms with van der Waals surface area (Å²) in [5, 5.41) is 0. The van der Waals surface area contributed by atoms with Gasteiger partial charge >= 0.3 is 0 Å². The van der Waals surface area contributed by atoms with E-state index >= 15 is 0 Å². The zero-order valence-corrected chi connectivity index (χ0v) is 16.1. The van der Waals surface area contributed by atoms with Gasteiger partial charge in [0.2, 0.25) is 0 Å². The van der Waals surface area contributed by atoms with Gasteiger partial charge in [0, 0.05) is 31.0 Å². The Balaban J connectivity index is 1.43. The summed E-state index contributed by atoms with van der Waals surface area (Å²) in [7, 11) is 0. The first kappa shape index (κ1) is 16.7. The van der Waals surface area contributed by atoms with Crippen LogP contribution in [0.2, 0.25) is 0 Å². The maximum Gasteiger partial charge on any atom is 0.0931 e. The fraction of sp³-hybridized carbons (Fsp3) is 0.435. The summed E-state index contributed by atoms with van der Waals surface area (Å²) in [6.07, 6.45) is 8.27. The van der Waals surface area contributed by atoms with Crippen molar-refractivity contribution in [1.82, 2.24) is 9.97 Å². The lowest BCUT2D eigenvalue weighted by Crippen LogP contribution is -2.30. The molecule has 2 aromatic carbocycles. The van der Waals surface area contributed by atoms with Crippen LogP contribution in [0.1, 0.15) is 49.3 Å². The minimum Gasteiger partial charge on any atom is -0.371 e. The molecule has 0 amide bonds. The van der Waals surface area contributed by atoms with Crippen LogP contribution in [-0.4, -0.2) is 29.6 Å². The van der Waals surface area contributed by atoms with Gasteiger partial charge in [0.25, 0.3) is 0 Å². The highest BCUT2D eigenvalue weighted by atomic mass is 15.2. The van der Waals surface area contributed by atoms with Crippen molar-refractivity contribution in [1.29, 1.82) is 0 Å². The molecule has 3 heterocycles. The number of anilines is 2. The minimum atomic E-state index is 0.456. The summed E-state index contributed by atoms with van der Waals surface area (Å²) in [4.78, 5) is 12.8. The Kier molecular flexibility index (Phi) is 4.27. The molecular formula is C23H28N4. The van der Waals surface area contributed by atoms with Crippen molar-refractivity contribution < 1.29 is 0 Å². The SMILES string of the molecule is Cc1cc(N2CCCC2c2ccc3nc[nH]c3c2)ccc1N1CCCCC1. The highest BCUT2D eigenvalue weighted by Crippen LogP contribution is 2.38. The number of fused-ring (bicyclic) bond motifs is 1.